The average Bonchev–Trinajstić information content (AvgIpc) is 1.91. The van der Waals surface area contributed by atoms with Crippen LogP contribution in [0.2, 0.25) is 0 Å². The van der Waals surface area contributed by atoms with Gasteiger partial charge in [0, 0.05) is 7.05 Å². The molecule has 4 heteroatoms. The fraction of sp³-hybridized carbons (Fsp3) is 0.333. The van der Waals surface area contributed by atoms with E-state index in [2.05, 4.69) is 5.10 Å². The molecule has 0 saturated heterocycles. The molecule has 2 nitrogen and oxygen atoms in total. The van der Waals surface area contributed by atoms with E-state index in [1.54, 1.807) is 10.2 Å². The summed E-state index contributed by atoms with van der Waals surface area (Å²) in [6.45, 7) is 0. The van der Waals surface area contributed by atoms with E-state index >= 15 is 0 Å². The van der Waals surface area contributed by atoms with Crippen LogP contribution in [0.15, 0.2) is 5.51 Å². The van der Waals surface area contributed by atoms with Crippen LogP contribution in [0.1, 0.15) is 0 Å². The van der Waals surface area contributed by atoms with E-state index in [0.29, 0.717) is 0 Å². The third kappa shape index (κ3) is 0.863. The van der Waals surface area contributed by atoms with Gasteiger partial charge in [0.25, 0.3) is 0 Å². The van der Waals surface area contributed by atoms with Crippen LogP contribution in [0.25, 0.3) is 0 Å². The zero-order valence-electron chi connectivity index (χ0n) is 3.79. The van der Waals surface area contributed by atoms with Gasteiger partial charge in [0.1, 0.15) is 5.51 Å². The normalized spacial score (nSPS) is 9.29. The second kappa shape index (κ2) is 1.71. The van der Waals surface area contributed by atoms with Gasteiger partial charge in [-0.2, -0.15) is 5.10 Å². The van der Waals surface area contributed by atoms with E-state index in [0.717, 1.165) is 3.95 Å². The number of aryl methyl sites for hydroxylation is 1. The molecule has 0 radical (unpaired) electrons. The van der Waals surface area contributed by atoms with Crippen molar-refractivity contribution in [3.8, 4) is 0 Å². The highest BCUT2D eigenvalue weighted by atomic mass is 32.1. The summed E-state index contributed by atoms with van der Waals surface area (Å²) in [5.41, 5.74) is 1.72. The first-order chi connectivity index (χ1) is 3.30. The third-order valence-electron chi connectivity index (χ3n) is 0.638. The van der Waals surface area contributed by atoms with Crippen LogP contribution < -0.4 is 0 Å². The molecule has 1 rings (SSSR count). The van der Waals surface area contributed by atoms with Gasteiger partial charge in [0.15, 0.2) is 3.95 Å². The Hall–Kier alpha value is -0.220. The quantitative estimate of drug-likeness (QED) is 0.494. The van der Waals surface area contributed by atoms with Crippen molar-refractivity contribution < 1.29 is 0 Å². The van der Waals surface area contributed by atoms with Crippen LogP contribution in [0, 0.1) is 3.95 Å². The number of hydrogen-bond donors (Lipinski definition) is 0. The molecule has 0 atom stereocenters. The molecular formula is C3H4N2S2. The first-order valence-corrected chi connectivity index (χ1v) is 3.06. The van der Waals surface area contributed by atoms with Gasteiger partial charge in [-0.15, -0.1) is 0 Å². The maximum absolute atomic E-state index is 4.81. The van der Waals surface area contributed by atoms with E-state index < -0.39 is 0 Å². The summed E-state index contributed by atoms with van der Waals surface area (Å²) in [4.78, 5) is 0. The highest BCUT2D eigenvalue weighted by Crippen LogP contribution is 1.93. The Morgan fingerprint density at radius 2 is 2.71 bits per heavy atom. The van der Waals surface area contributed by atoms with Crippen LogP contribution in [-0.2, 0) is 7.05 Å². The maximum atomic E-state index is 4.81. The molecule has 0 unspecified atom stereocenters. The largest absolute Gasteiger partial charge is 0.248 e. The number of nitrogens with zero attached hydrogens (tertiary/aromatic N) is 2. The van der Waals surface area contributed by atoms with Crippen LogP contribution in [0.4, 0.5) is 0 Å². The Balaban J connectivity index is 3.39. The summed E-state index contributed by atoms with van der Waals surface area (Å²) in [6, 6.07) is 0. The Labute approximate surface area is 50.4 Å². The van der Waals surface area contributed by atoms with Crippen molar-refractivity contribution >= 4 is 23.6 Å². The van der Waals surface area contributed by atoms with Gasteiger partial charge < -0.3 is 0 Å². The lowest BCUT2D eigenvalue weighted by atomic mass is 11.3. The van der Waals surface area contributed by atoms with Gasteiger partial charge in [0.05, 0.1) is 0 Å². The molecule has 0 fully saturated rings. The molecule has 0 aromatic carbocycles. The fourth-order valence-electron chi connectivity index (χ4n) is 0.263. The molecule has 1 aromatic rings. The van der Waals surface area contributed by atoms with Gasteiger partial charge in [-0.1, -0.05) is 11.3 Å². The van der Waals surface area contributed by atoms with Crippen LogP contribution in [0.3, 0.4) is 0 Å². The van der Waals surface area contributed by atoms with Crippen molar-refractivity contribution in [2.75, 3.05) is 0 Å². The second-order valence-corrected chi connectivity index (χ2v) is 2.61. The molecule has 0 saturated carbocycles. The van der Waals surface area contributed by atoms with Gasteiger partial charge in [-0.3, -0.25) is 0 Å². The smallest absolute Gasteiger partial charge is 0.178 e. The minimum absolute atomic E-state index is 0.819. The summed E-state index contributed by atoms with van der Waals surface area (Å²) >= 11 is 6.28. The molecule has 1 heterocycles. The Morgan fingerprint density at radius 3 is 2.86 bits per heavy atom. The molecule has 7 heavy (non-hydrogen) atoms. The SMILES string of the molecule is Cn1ncsc1=S. The van der Waals surface area contributed by atoms with Gasteiger partial charge >= 0.3 is 0 Å². The van der Waals surface area contributed by atoms with E-state index in [1.807, 2.05) is 7.05 Å². The molecular weight excluding hydrogens is 128 g/mol. The Kier molecular flexibility index (Phi) is 1.21. The van der Waals surface area contributed by atoms with Gasteiger partial charge in [0.2, 0.25) is 0 Å². The zero-order chi connectivity index (χ0) is 5.28. The van der Waals surface area contributed by atoms with Crippen LogP contribution in [0.5, 0.6) is 0 Å². The van der Waals surface area contributed by atoms with Crippen molar-refractivity contribution in [2.24, 2.45) is 7.05 Å². The standard InChI is InChI=1S/C3H4N2S2/c1-5-3(6)7-2-4-5/h2H,1H3. The lowest BCUT2D eigenvalue weighted by molar-refractivity contribution is 0.759. The van der Waals surface area contributed by atoms with E-state index in [9.17, 15) is 0 Å². The molecule has 0 aliphatic carbocycles. The summed E-state index contributed by atoms with van der Waals surface area (Å²) in [6.07, 6.45) is 0. The zero-order valence-corrected chi connectivity index (χ0v) is 5.42. The highest BCUT2D eigenvalue weighted by Gasteiger charge is 1.80. The second-order valence-electron chi connectivity index (χ2n) is 1.13. The summed E-state index contributed by atoms with van der Waals surface area (Å²) in [5.74, 6) is 0. The van der Waals surface area contributed by atoms with Gasteiger partial charge in [-0.05, 0) is 12.2 Å². The number of rotatable bonds is 0. The van der Waals surface area contributed by atoms with Gasteiger partial charge in [-0.25, -0.2) is 4.68 Å². The lowest BCUT2D eigenvalue weighted by Crippen LogP contribution is -1.86. The summed E-state index contributed by atoms with van der Waals surface area (Å²) in [5, 5.41) is 3.85. The summed E-state index contributed by atoms with van der Waals surface area (Å²) < 4.78 is 2.49. The molecule has 0 aliphatic rings. The molecule has 0 aliphatic heterocycles. The fourth-order valence-corrected chi connectivity index (χ4v) is 0.917. The first-order valence-electron chi connectivity index (χ1n) is 1.77. The van der Waals surface area contributed by atoms with E-state index in [4.69, 9.17) is 12.2 Å². The van der Waals surface area contributed by atoms with Crippen LogP contribution >= 0.6 is 23.6 Å². The minimum Gasteiger partial charge on any atom is -0.248 e. The molecule has 0 spiro atoms. The van der Waals surface area contributed by atoms with Crippen LogP contribution in [-0.4, -0.2) is 9.78 Å². The number of hydrogen-bond acceptors (Lipinski definition) is 3. The molecule has 0 N–H and O–H groups in total. The molecule has 38 valence electrons. The first kappa shape index (κ1) is 4.93. The predicted molar refractivity (Wildman–Crippen MR) is 31.9 cm³/mol. The third-order valence-corrected chi connectivity index (χ3v) is 1.86. The van der Waals surface area contributed by atoms with Crippen molar-refractivity contribution in [1.82, 2.24) is 9.78 Å². The predicted octanol–water partition coefficient (Wildman–Crippen LogP) is 1.21. The molecule has 0 amide bonds. The van der Waals surface area contributed by atoms with Crippen molar-refractivity contribution in [3.63, 3.8) is 0 Å². The maximum Gasteiger partial charge on any atom is 0.178 e. The lowest BCUT2D eigenvalue weighted by Gasteiger charge is -1.77. The Bertz CT molecular complexity index is 199. The van der Waals surface area contributed by atoms with Crippen molar-refractivity contribution in [2.45, 2.75) is 0 Å². The van der Waals surface area contributed by atoms with E-state index in [1.165, 1.54) is 11.3 Å². The monoisotopic (exact) mass is 132 g/mol. The molecule has 1 aromatic heterocycles. The number of aromatic nitrogens is 2. The summed E-state index contributed by atoms with van der Waals surface area (Å²) in [7, 11) is 1.83. The van der Waals surface area contributed by atoms with E-state index in [-0.39, 0.29) is 0 Å². The minimum atomic E-state index is 0.819. The van der Waals surface area contributed by atoms with Crippen molar-refractivity contribution in [1.29, 1.82) is 0 Å². The topological polar surface area (TPSA) is 17.8 Å². The van der Waals surface area contributed by atoms with Crippen molar-refractivity contribution in [3.05, 3.63) is 9.46 Å². The average molecular weight is 132 g/mol. The molecule has 0 bridgehead atoms. The highest BCUT2D eigenvalue weighted by molar-refractivity contribution is 7.73. The Morgan fingerprint density at radius 1 is 2.00 bits per heavy atom.